The highest BCUT2D eigenvalue weighted by Gasteiger charge is 2.47. The van der Waals surface area contributed by atoms with Gasteiger partial charge in [-0.15, -0.1) is 12.4 Å². The van der Waals surface area contributed by atoms with E-state index in [0.29, 0.717) is 18.7 Å². The summed E-state index contributed by atoms with van der Waals surface area (Å²) in [7, 11) is 1.38. The van der Waals surface area contributed by atoms with Gasteiger partial charge in [0.2, 0.25) is 0 Å². The third-order valence-corrected chi connectivity index (χ3v) is 4.28. The van der Waals surface area contributed by atoms with Crippen molar-refractivity contribution in [3.8, 4) is 5.75 Å². The minimum Gasteiger partial charge on any atom is -0.497 e. The summed E-state index contributed by atoms with van der Waals surface area (Å²) in [6.07, 6.45) is -4.40. The molecule has 1 saturated heterocycles. The zero-order valence-corrected chi connectivity index (χ0v) is 12.5. The van der Waals surface area contributed by atoms with Gasteiger partial charge in [-0.3, -0.25) is 0 Å². The molecular formula is C14H17ClF3NO2. The van der Waals surface area contributed by atoms with Crippen LogP contribution in [0, 0.1) is 0 Å². The molecule has 21 heavy (non-hydrogen) atoms. The standard InChI is InChI=1S/C14H16F3NO2.ClH/c1-13-7-18-5-12(13)9-3-8(19-2)4-11(14(15,16)17)10(9)6-20-13;/h3-4,12,18H,5-7H2,1-2H3;1H. The van der Waals surface area contributed by atoms with Crippen LogP contribution in [0.2, 0.25) is 0 Å². The highest BCUT2D eigenvalue weighted by Crippen LogP contribution is 2.46. The summed E-state index contributed by atoms with van der Waals surface area (Å²) in [4.78, 5) is 0. The molecule has 0 radical (unpaired) electrons. The SMILES string of the molecule is COc1cc2c(c(C(F)(F)F)c1)COC1(C)CNCC21.Cl. The molecule has 2 atom stereocenters. The van der Waals surface area contributed by atoms with Gasteiger partial charge in [0.15, 0.2) is 0 Å². The number of hydrogen-bond acceptors (Lipinski definition) is 3. The fourth-order valence-electron chi connectivity index (χ4n) is 3.14. The Morgan fingerprint density at radius 1 is 1.38 bits per heavy atom. The first-order valence-electron chi connectivity index (χ1n) is 6.48. The zero-order chi connectivity index (χ0) is 14.5. The first-order valence-corrected chi connectivity index (χ1v) is 6.48. The van der Waals surface area contributed by atoms with Crippen molar-refractivity contribution in [2.75, 3.05) is 20.2 Å². The number of fused-ring (bicyclic) bond motifs is 3. The molecule has 1 aromatic rings. The van der Waals surface area contributed by atoms with Crippen LogP contribution in [-0.2, 0) is 17.5 Å². The summed E-state index contributed by atoms with van der Waals surface area (Å²) >= 11 is 0. The van der Waals surface area contributed by atoms with E-state index >= 15 is 0 Å². The summed E-state index contributed by atoms with van der Waals surface area (Å²) in [5.41, 5.74) is -0.164. The summed E-state index contributed by atoms with van der Waals surface area (Å²) in [5, 5.41) is 3.19. The highest BCUT2D eigenvalue weighted by molar-refractivity contribution is 5.85. The van der Waals surface area contributed by atoms with E-state index in [2.05, 4.69) is 5.32 Å². The van der Waals surface area contributed by atoms with E-state index in [1.807, 2.05) is 6.92 Å². The van der Waals surface area contributed by atoms with Crippen LogP contribution in [0.15, 0.2) is 12.1 Å². The fraction of sp³-hybridized carbons (Fsp3) is 0.571. The van der Waals surface area contributed by atoms with Crippen LogP contribution >= 0.6 is 12.4 Å². The molecule has 0 bridgehead atoms. The number of ether oxygens (including phenoxy) is 2. The Kier molecular flexibility index (Phi) is 4.17. The topological polar surface area (TPSA) is 30.5 Å². The number of methoxy groups -OCH3 is 1. The molecule has 1 aromatic carbocycles. The first-order chi connectivity index (χ1) is 9.35. The minimum atomic E-state index is -4.40. The lowest BCUT2D eigenvalue weighted by Gasteiger charge is -2.38. The van der Waals surface area contributed by atoms with Crippen molar-refractivity contribution in [3.63, 3.8) is 0 Å². The van der Waals surface area contributed by atoms with Gasteiger partial charge in [-0.1, -0.05) is 0 Å². The first kappa shape index (κ1) is 16.4. The second-order valence-electron chi connectivity index (χ2n) is 5.53. The molecule has 3 rings (SSSR count). The maximum absolute atomic E-state index is 13.2. The Hall–Kier alpha value is -0.980. The molecule has 0 aromatic heterocycles. The number of nitrogens with one attached hydrogen (secondary N) is 1. The van der Waals surface area contributed by atoms with Gasteiger partial charge < -0.3 is 14.8 Å². The number of hydrogen-bond donors (Lipinski definition) is 1. The smallest absolute Gasteiger partial charge is 0.416 e. The van der Waals surface area contributed by atoms with E-state index in [9.17, 15) is 13.2 Å². The zero-order valence-electron chi connectivity index (χ0n) is 11.7. The highest BCUT2D eigenvalue weighted by atomic mass is 35.5. The van der Waals surface area contributed by atoms with E-state index in [0.717, 1.165) is 6.07 Å². The lowest BCUT2D eigenvalue weighted by molar-refractivity contribution is -0.141. The maximum Gasteiger partial charge on any atom is 0.416 e. The van der Waals surface area contributed by atoms with Crippen molar-refractivity contribution in [1.82, 2.24) is 5.32 Å². The van der Waals surface area contributed by atoms with Gasteiger partial charge in [-0.2, -0.15) is 13.2 Å². The van der Waals surface area contributed by atoms with Crippen LogP contribution in [0.25, 0.3) is 0 Å². The normalized spacial score (nSPS) is 27.6. The molecule has 0 spiro atoms. The van der Waals surface area contributed by atoms with Gasteiger partial charge >= 0.3 is 6.18 Å². The summed E-state index contributed by atoms with van der Waals surface area (Å²) < 4.78 is 50.4. The number of rotatable bonds is 1. The van der Waals surface area contributed by atoms with Crippen LogP contribution in [-0.4, -0.2) is 25.8 Å². The molecule has 2 unspecified atom stereocenters. The van der Waals surface area contributed by atoms with Gasteiger partial charge in [0.1, 0.15) is 5.75 Å². The average molecular weight is 324 g/mol. The van der Waals surface area contributed by atoms with Gasteiger partial charge in [0.25, 0.3) is 0 Å². The van der Waals surface area contributed by atoms with Crippen LogP contribution < -0.4 is 10.1 Å². The number of benzene rings is 1. The molecule has 118 valence electrons. The quantitative estimate of drug-likeness (QED) is 0.861. The summed E-state index contributed by atoms with van der Waals surface area (Å²) in [6, 6.07) is 2.76. The van der Waals surface area contributed by atoms with Crippen LogP contribution in [0.5, 0.6) is 5.75 Å². The van der Waals surface area contributed by atoms with Crippen molar-refractivity contribution in [1.29, 1.82) is 0 Å². The molecule has 0 saturated carbocycles. The van der Waals surface area contributed by atoms with Gasteiger partial charge in [-0.05, 0) is 30.2 Å². The molecule has 1 N–H and O–H groups in total. The van der Waals surface area contributed by atoms with Crippen molar-refractivity contribution in [2.24, 2.45) is 0 Å². The predicted molar refractivity (Wildman–Crippen MR) is 74.0 cm³/mol. The van der Waals surface area contributed by atoms with E-state index in [1.165, 1.54) is 7.11 Å². The van der Waals surface area contributed by atoms with Crippen molar-refractivity contribution in [2.45, 2.75) is 31.2 Å². The third kappa shape index (κ3) is 2.60. The van der Waals surface area contributed by atoms with Crippen molar-refractivity contribution in [3.05, 3.63) is 28.8 Å². The molecule has 0 aliphatic carbocycles. The third-order valence-electron chi connectivity index (χ3n) is 4.28. The number of alkyl halides is 3. The van der Waals surface area contributed by atoms with E-state index in [1.54, 1.807) is 6.07 Å². The Bertz CT molecular complexity index is 550. The van der Waals surface area contributed by atoms with Crippen molar-refractivity contribution < 1.29 is 22.6 Å². The molecule has 7 heteroatoms. The minimum absolute atomic E-state index is 0. The van der Waals surface area contributed by atoms with E-state index in [4.69, 9.17) is 9.47 Å². The Morgan fingerprint density at radius 2 is 2.10 bits per heavy atom. The fourth-order valence-corrected chi connectivity index (χ4v) is 3.14. The average Bonchev–Trinajstić information content (AvgIpc) is 2.78. The molecule has 3 nitrogen and oxygen atoms in total. The van der Waals surface area contributed by atoms with Crippen LogP contribution in [0.3, 0.4) is 0 Å². The molecule has 2 heterocycles. The van der Waals surface area contributed by atoms with Crippen LogP contribution in [0.1, 0.15) is 29.5 Å². The van der Waals surface area contributed by atoms with Gasteiger partial charge in [0, 0.05) is 19.0 Å². The van der Waals surface area contributed by atoms with Crippen molar-refractivity contribution >= 4 is 12.4 Å². The summed E-state index contributed by atoms with van der Waals surface area (Å²) in [5.74, 6) is 0.162. The Morgan fingerprint density at radius 3 is 2.71 bits per heavy atom. The predicted octanol–water partition coefficient (Wildman–Crippen LogP) is 3.11. The maximum atomic E-state index is 13.2. The second kappa shape index (κ2) is 5.34. The molecule has 1 fully saturated rings. The van der Waals surface area contributed by atoms with E-state index < -0.39 is 17.3 Å². The molecule has 2 aliphatic heterocycles. The second-order valence-corrected chi connectivity index (χ2v) is 5.53. The largest absolute Gasteiger partial charge is 0.497 e. The Balaban J connectivity index is 0.00000161. The lowest BCUT2D eigenvalue weighted by atomic mass is 9.80. The molecule has 2 aliphatic rings. The van der Waals surface area contributed by atoms with E-state index in [-0.39, 0.29) is 36.2 Å². The van der Waals surface area contributed by atoms with Gasteiger partial charge in [-0.25, -0.2) is 0 Å². The monoisotopic (exact) mass is 323 g/mol. The molecular weight excluding hydrogens is 307 g/mol. The molecule has 0 amide bonds. The Labute approximate surface area is 127 Å². The lowest BCUT2D eigenvalue weighted by Crippen LogP contribution is -2.40. The number of halogens is 4. The van der Waals surface area contributed by atoms with Gasteiger partial charge in [0.05, 0.1) is 24.9 Å². The summed E-state index contributed by atoms with van der Waals surface area (Å²) in [6.45, 7) is 3.19. The van der Waals surface area contributed by atoms with Crippen LogP contribution in [0.4, 0.5) is 13.2 Å².